The zero-order valence-electron chi connectivity index (χ0n) is 23.1. The lowest BCUT2D eigenvalue weighted by Gasteiger charge is -2.24. The van der Waals surface area contributed by atoms with Gasteiger partial charge in [0.2, 0.25) is 5.70 Å². The highest BCUT2D eigenvalue weighted by Gasteiger charge is 2.43. The molecule has 3 aromatic carbocycles. The van der Waals surface area contributed by atoms with Gasteiger partial charge in [-0.2, -0.15) is 21.0 Å². The summed E-state index contributed by atoms with van der Waals surface area (Å²) in [6, 6.07) is 23.8. The van der Waals surface area contributed by atoms with E-state index in [2.05, 4.69) is 19.4 Å². The van der Waals surface area contributed by atoms with Gasteiger partial charge in [0.1, 0.15) is 6.07 Å². The fraction of sp³-hybridized carbons (Fsp3) is 0. The van der Waals surface area contributed by atoms with Crippen LogP contribution in [0.5, 0.6) is 0 Å². The first-order chi connectivity index (χ1) is 22.4. The molecule has 0 bridgehead atoms. The smallest absolute Gasteiger partial charge is 0.251 e. The normalized spacial score (nSPS) is 14.2. The van der Waals surface area contributed by atoms with E-state index in [1.165, 1.54) is 24.3 Å². The molecule has 0 atom stereocenters. The molecule has 3 aromatic rings. The van der Waals surface area contributed by atoms with Crippen LogP contribution in [0.1, 0.15) is 33.4 Å². The predicted molar refractivity (Wildman–Crippen MR) is 163 cm³/mol. The van der Waals surface area contributed by atoms with Crippen molar-refractivity contribution in [1.29, 1.82) is 31.6 Å². The lowest BCUT2D eigenvalue weighted by Crippen LogP contribution is -2.04. The molecule has 10 heteroatoms. The van der Waals surface area contributed by atoms with Crippen LogP contribution in [0.3, 0.4) is 0 Å². The minimum atomic E-state index is -0.505. The summed E-state index contributed by atoms with van der Waals surface area (Å²) in [7, 11) is 0. The third-order valence-corrected chi connectivity index (χ3v) is 7.41. The number of rotatable bonds is 2. The average Bonchev–Trinajstić information content (AvgIpc) is 3.61. The highest BCUT2D eigenvalue weighted by Crippen LogP contribution is 2.60. The summed E-state index contributed by atoms with van der Waals surface area (Å²) in [6.07, 6.45) is 0. The Morgan fingerprint density at radius 2 is 0.891 bits per heavy atom. The zero-order chi connectivity index (χ0) is 33.1. The van der Waals surface area contributed by atoms with E-state index in [9.17, 15) is 31.6 Å². The highest BCUT2D eigenvalue weighted by molar-refractivity contribution is 6.22. The minimum Gasteiger partial charge on any atom is -0.251 e. The van der Waals surface area contributed by atoms with Gasteiger partial charge >= 0.3 is 0 Å². The largest absolute Gasteiger partial charge is 0.270 e. The van der Waals surface area contributed by atoms with Crippen LogP contribution in [-0.2, 0) is 0 Å². The summed E-state index contributed by atoms with van der Waals surface area (Å²) >= 11 is 0. The lowest BCUT2D eigenvalue weighted by molar-refractivity contribution is 1.44. The molecule has 0 saturated carbocycles. The number of hydrogen-bond acceptors (Lipinski definition) is 6. The van der Waals surface area contributed by atoms with E-state index in [0.29, 0.717) is 11.1 Å². The van der Waals surface area contributed by atoms with E-state index < -0.39 is 11.4 Å². The first-order valence-electron chi connectivity index (χ1n) is 12.8. The first-order valence-corrected chi connectivity index (χ1v) is 12.8. The third-order valence-electron chi connectivity index (χ3n) is 7.41. The van der Waals surface area contributed by atoms with Crippen LogP contribution in [0.15, 0.2) is 71.2 Å². The molecule has 0 spiro atoms. The van der Waals surface area contributed by atoms with Crippen molar-refractivity contribution in [3.8, 4) is 58.7 Å². The quantitative estimate of drug-likeness (QED) is 0.227. The second-order valence-electron chi connectivity index (χ2n) is 9.42. The Morgan fingerprint density at radius 1 is 0.457 bits per heavy atom. The van der Waals surface area contributed by atoms with Crippen molar-refractivity contribution >= 4 is 22.4 Å². The second-order valence-corrected chi connectivity index (χ2v) is 9.42. The number of nitrogens with zero attached hydrogens (tertiary/aromatic N) is 10. The van der Waals surface area contributed by atoms with Crippen LogP contribution < -0.4 is 0 Å². The molecule has 202 valence electrons. The number of allylic oxidation sites excluding steroid dienone is 6. The molecule has 0 radical (unpaired) electrons. The third kappa shape index (κ3) is 3.95. The van der Waals surface area contributed by atoms with Gasteiger partial charge in [0.15, 0.2) is 5.70 Å². The van der Waals surface area contributed by atoms with Crippen LogP contribution in [0, 0.1) is 94.3 Å². The molecular formula is C36H8N10. The molecule has 0 N–H and O–H groups in total. The van der Waals surface area contributed by atoms with E-state index in [1.807, 2.05) is 36.4 Å². The van der Waals surface area contributed by atoms with Gasteiger partial charge in [-0.1, -0.05) is 24.3 Å². The van der Waals surface area contributed by atoms with Crippen molar-refractivity contribution in [2.75, 3.05) is 0 Å². The SMILES string of the molecule is [C-]#[N+]C1=C([N+]#[C-])c2c(c(-c3ccc(C#N)cc3)c3c(c2-c2ccc(C#N)cc2)/C(=C(/C#N)[N+]#[C-])C(C#N)=C3C#N)/C1=C(\C#N)[N+]#[C-]. The molecule has 0 aliphatic heterocycles. The van der Waals surface area contributed by atoms with Crippen molar-refractivity contribution in [3.63, 3.8) is 0 Å². The number of hydrogen-bond donors (Lipinski definition) is 0. The van der Waals surface area contributed by atoms with Gasteiger partial charge in [-0.05, 0) is 68.8 Å². The molecule has 0 fully saturated rings. The Morgan fingerprint density at radius 3 is 1.28 bits per heavy atom. The topological polar surface area (TPSA) is 160 Å². The van der Waals surface area contributed by atoms with E-state index in [-0.39, 0.29) is 78.2 Å². The van der Waals surface area contributed by atoms with Gasteiger partial charge in [0, 0.05) is 11.1 Å². The molecule has 2 aliphatic rings. The minimum absolute atomic E-state index is 0.0867. The molecule has 46 heavy (non-hydrogen) atoms. The maximum absolute atomic E-state index is 10.5. The molecule has 0 aromatic heterocycles. The Labute approximate surface area is 262 Å². The van der Waals surface area contributed by atoms with E-state index in [1.54, 1.807) is 24.3 Å². The van der Waals surface area contributed by atoms with Gasteiger partial charge in [-0.3, -0.25) is 4.85 Å². The Kier molecular flexibility index (Phi) is 7.21. The van der Waals surface area contributed by atoms with Gasteiger partial charge in [0.05, 0.1) is 78.9 Å². The van der Waals surface area contributed by atoms with Crippen LogP contribution >= 0.6 is 0 Å². The van der Waals surface area contributed by atoms with Crippen LogP contribution in [0.2, 0.25) is 0 Å². The lowest BCUT2D eigenvalue weighted by atomic mass is 9.79. The fourth-order valence-corrected chi connectivity index (χ4v) is 5.65. The summed E-state index contributed by atoms with van der Waals surface area (Å²) in [6.45, 7) is 31.7. The van der Waals surface area contributed by atoms with Crippen molar-refractivity contribution in [2.45, 2.75) is 0 Å². The fourth-order valence-electron chi connectivity index (χ4n) is 5.65. The van der Waals surface area contributed by atoms with Gasteiger partial charge in [-0.15, -0.1) is 0 Å². The number of fused-ring (bicyclic) bond motifs is 2. The van der Waals surface area contributed by atoms with Crippen LogP contribution in [0.25, 0.3) is 64.1 Å². The summed E-state index contributed by atoms with van der Waals surface area (Å²) in [5.74, 6) is 0. The Bertz CT molecular complexity index is 2320. The van der Waals surface area contributed by atoms with Crippen LogP contribution in [0.4, 0.5) is 0 Å². The molecule has 0 heterocycles. The molecule has 10 nitrogen and oxygen atoms in total. The second kappa shape index (κ2) is 11.4. The maximum atomic E-state index is 10.5. The van der Waals surface area contributed by atoms with Crippen molar-refractivity contribution in [1.82, 2.24) is 0 Å². The molecule has 0 amide bonds. The highest BCUT2D eigenvalue weighted by atomic mass is 14.8. The number of nitriles is 6. The average molecular weight is 581 g/mol. The maximum Gasteiger partial charge on any atom is 0.270 e. The monoisotopic (exact) mass is 580 g/mol. The van der Waals surface area contributed by atoms with Crippen molar-refractivity contribution < 1.29 is 0 Å². The number of benzene rings is 3. The van der Waals surface area contributed by atoms with Gasteiger partial charge in [0.25, 0.3) is 11.4 Å². The standard InChI is InChI=1S/C36H8N10/c1-43-25(17-41)29-23(15-39)24(16-40)30-27(21-9-5-19(13-37)6-10-21)33-31(26(18-42)44-2)35(45-3)36(46-4)34(33)28(32(29)30)22-11-7-20(14-38)8-12-22/h5-12H/b29-25-,31-26-. The van der Waals surface area contributed by atoms with Crippen LogP contribution in [-0.4, -0.2) is 0 Å². The molecule has 0 unspecified atom stereocenters. The summed E-state index contributed by atoms with van der Waals surface area (Å²) in [4.78, 5) is 14.0. The Hall–Kier alpha value is -8.48. The Balaban J connectivity index is 2.26. The molecule has 0 saturated heterocycles. The zero-order valence-corrected chi connectivity index (χ0v) is 23.1. The molecular weight excluding hydrogens is 572 g/mol. The summed E-state index contributed by atoms with van der Waals surface area (Å²) in [5.41, 5.74) is -0.314. The first kappa shape index (κ1) is 29.0. The van der Waals surface area contributed by atoms with Crippen molar-refractivity contribution in [2.24, 2.45) is 0 Å². The summed E-state index contributed by atoms with van der Waals surface area (Å²) < 4.78 is 0. The van der Waals surface area contributed by atoms with E-state index in [0.717, 1.165) is 0 Å². The molecule has 2 aliphatic carbocycles. The summed E-state index contributed by atoms with van der Waals surface area (Å²) in [5, 5.41) is 59.8. The van der Waals surface area contributed by atoms with Gasteiger partial charge < -0.3 is 0 Å². The van der Waals surface area contributed by atoms with Gasteiger partial charge in [-0.25, -0.2) is 25.1 Å². The molecule has 5 rings (SSSR count). The van der Waals surface area contributed by atoms with E-state index in [4.69, 9.17) is 26.3 Å². The van der Waals surface area contributed by atoms with E-state index >= 15 is 0 Å². The predicted octanol–water partition coefficient (Wildman–Crippen LogP) is 7.41. The van der Waals surface area contributed by atoms with Crippen molar-refractivity contribution in [3.05, 3.63) is 150 Å².